The number of aromatic nitrogens is 1. The summed E-state index contributed by atoms with van der Waals surface area (Å²) < 4.78 is 11.6. The molecular formula is C19H18ClNO2. The van der Waals surface area contributed by atoms with E-state index in [-0.39, 0.29) is 0 Å². The molecule has 1 unspecified atom stereocenters. The van der Waals surface area contributed by atoms with E-state index in [1.807, 2.05) is 43.3 Å². The molecule has 1 aromatic heterocycles. The molecule has 0 spiro atoms. The number of fused-ring (bicyclic) bond motifs is 1. The average molecular weight is 328 g/mol. The van der Waals surface area contributed by atoms with Crippen LogP contribution in [0.2, 0.25) is 5.02 Å². The number of hydrogen-bond donors (Lipinski definition) is 1. The van der Waals surface area contributed by atoms with Crippen molar-refractivity contribution in [3.8, 4) is 0 Å². The first kappa shape index (κ1) is 14.8. The van der Waals surface area contributed by atoms with Crippen LogP contribution in [-0.2, 0) is 21.7 Å². The predicted molar refractivity (Wildman–Crippen MR) is 91.8 cm³/mol. The lowest BCUT2D eigenvalue weighted by Gasteiger charge is -2.15. The van der Waals surface area contributed by atoms with E-state index in [0.29, 0.717) is 19.8 Å². The number of epoxide rings is 1. The maximum absolute atomic E-state index is 6.23. The molecule has 2 aromatic carbocycles. The van der Waals surface area contributed by atoms with Gasteiger partial charge >= 0.3 is 0 Å². The molecule has 4 rings (SSSR count). The third kappa shape index (κ3) is 2.45. The lowest BCUT2D eigenvalue weighted by atomic mass is 9.89. The van der Waals surface area contributed by atoms with Crippen molar-refractivity contribution in [1.29, 1.82) is 0 Å². The number of rotatable bonds is 5. The fourth-order valence-electron chi connectivity index (χ4n) is 3.23. The number of aromatic amines is 1. The number of hydrogen-bond acceptors (Lipinski definition) is 2. The lowest BCUT2D eigenvalue weighted by molar-refractivity contribution is 0.130. The first-order valence-corrected chi connectivity index (χ1v) is 8.20. The van der Waals surface area contributed by atoms with Gasteiger partial charge in [-0.3, -0.25) is 0 Å². The van der Waals surface area contributed by atoms with Crippen LogP contribution in [0.3, 0.4) is 0 Å². The molecule has 0 radical (unpaired) electrons. The molecular weight excluding hydrogens is 310 g/mol. The Hall–Kier alpha value is -1.81. The number of H-pyrrole nitrogens is 1. The summed E-state index contributed by atoms with van der Waals surface area (Å²) in [5, 5.41) is 1.83. The van der Waals surface area contributed by atoms with E-state index >= 15 is 0 Å². The highest BCUT2D eigenvalue weighted by Crippen LogP contribution is 2.49. The number of nitrogens with one attached hydrogen (secondary N) is 1. The van der Waals surface area contributed by atoms with E-state index in [1.165, 1.54) is 5.56 Å². The van der Waals surface area contributed by atoms with Gasteiger partial charge in [0.05, 0.1) is 13.2 Å². The Bertz CT molecular complexity index is 837. The highest BCUT2D eigenvalue weighted by Gasteiger charge is 2.51. The topological polar surface area (TPSA) is 37.5 Å². The highest BCUT2D eigenvalue weighted by molar-refractivity contribution is 6.31. The van der Waals surface area contributed by atoms with E-state index in [2.05, 4.69) is 17.1 Å². The van der Waals surface area contributed by atoms with Gasteiger partial charge in [0, 0.05) is 33.8 Å². The van der Waals surface area contributed by atoms with Crippen molar-refractivity contribution in [2.45, 2.75) is 19.1 Å². The van der Waals surface area contributed by atoms with E-state index in [0.717, 1.165) is 27.2 Å². The molecule has 1 aliphatic heterocycles. The second kappa shape index (κ2) is 5.68. The van der Waals surface area contributed by atoms with Crippen LogP contribution < -0.4 is 0 Å². The maximum atomic E-state index is 6.23. The minimum atomic E-state index is -0.392. The molecule has 4 heteroatoms. The van der Waals surface area contributed by atoms with E-state index in [1.54, 1.807) is 0 Å². The van der Waals surface area contributed by atoms with Gasteiger partial charge < -0.3 is 14.5 Å². The molecule has 2 heterocycles. The monoisotopic (exact) mass is 327 g/mol. The third-order valence-electron chi connectivity index (χ3n) is 4.37. The van der Waals surface area contributed by atoms with Gasteiger partial charge in [-0.05, 0) is 30.7 Å². The quantitative estimate of drug-likeness (QED) is 0.694. The molecule has 1 N–H and O–H groups in total. The van der Waals surface area contributed by atoms with Gasteiger partial charge in [0.1, 0.15) is 5.60 Å². The Morgan fingerprint density at radius 1 is 1.22 bits per heavy atom. The molecule has 3 nitrogen and oxygen atoms in total. The van der Waals surface area contributed by atoms with E-state index < -0.39 is 5.60 Å². The van der Waals surface area contributed by atoms with Crippen LogP contribution in [0, 0.1) is 0 Å². The normalized spacial score (nSPS) is 20.1. The largest absolute Gasteiger partial charge is 0.376 e. The minimum Gasteiger partial charge on any atom is -0.376 e. The lowest BCUT2D eigenvalue weighted by Crippen LogP contribution is -2.13. The Morgan fingerprint density at radius 3 is 2.70 bits per heavy atom. The van der Waals surface area contributed by atoms with Crippen LogP contribution in [0.25, 0.3) is 10.9 Å². The van der Waals surface area contributed by atoms with Crippen molar-refractivity contribution in [2.24, 2.45) is 0 Å². The summed E-state index contributed by atoms with van der Waals surface area (Å²) in [6, 6.07) is 16.2. The van der Waals surface area contributed by atoms with E-state index in [4.69, 9.17) is 21.1 Å². The van der Waals surface area contributed by atoms with Gasteiger partial charge in [0.2, 0.25) is 0 Å². The van der Waals surface area contributed by atoms with Crippen LogP contribution in [0.4, 0.5) is 0 Å². The smallest absolute Gasteiger partial charge is 0.144 e. The van der Waals surface area contributed by atoms with Crippen LogP contribution >= 0.6 is 11.6 Å². The number of halogens is 1. The second-order valence-corrected chi connectivity index (χ2v) is 6.22. The third-order valence-corrected chi connectivity index (χ3v) is 4.60. The van der Waals surface area contributed by atoms with Crippen molar-refractivity contribution in [3.05, 3.63) is 70.4 Å². The molecule has 0 amide bonds. The molecule has 0 bridgehead atoms. The van der Waals surface area contributed by atoms with Gasteiger partial charge in [-0.2, -0.15) is 0 Å². The molecule has 118 valence electrons. The molecule has 0 saturated carbocycles. The summed E-state index contributed by atoms with van der Waals surface area (Å²) in [5.41, 5.74) is 4.04. The minimum absolute atomic E-state index is 0.392. The first-order chi connectivity index (χ1) is 11.2. The zero-order chi connectivity index (χ0) is 15.9. The SMILES string of the molecule is CCOCc1[nH]c2ccc(Cl)cc2c1C1(c2ccccc2)CO1. The fourth-order valence-corrected chi connectivity index (χ4v) is 3.40. The molecule has 1 saturated heterocycles. The predicted octanol–water partition coefficient (Wildman–Crippen LogP) is 4.63. The van der Waals surface area contributed by atoms with E-state index in [9.17, 15) is 0 Å². The van der Waals surface area contributed by atoms with Gasteiger partial charge in [-0.25, -0.2) is 0 Å². The van der Waals surface area contributed by atoms with Gasteiger partial charge in [-0.15, -0.1) is 0 Å². The van der Waals surface area contributed by atoms with Crippen LogP contribution in [0.15, 0.2) is 48.5 Å². The molecule has 1 aliphatic rings. The Labute approximate surface area is 140 Å². The summed E-state index contributed by atoms with van der Waals surface area (Å²) in [6.07, 6.45) is 0. The average Bonchev–Trinajstić information content (AvgIpc) is 3.30. The zero-order valence-electron chi connectivity index (χ0n) is 12.9. The molecule has 23 heavy (non-hydrogen) atoms. The van der Waals surface area contributed by atoms with Crippen molar-refractivity contribution >= 4 is 22.5 Å². The summed E-state index contributed by atoms with van der Waals surface area (Å²) in [7, 11) is 0. The Balaban J connectivity index is 1.92. The standard InChI is InChI=1S/C19H18ClNO2/c1-2-22-11-17-18(15-10-14(20)8-9-16(15)21-17)19(12-23-19)13-6-4-3-5-7-13/h3-10,21H,2,11-12H2,1H3. The molecule has 1 atom stereocenters. The second-order valence-electron chi connectivity index (χ2n) is 5.79. The highest BCUT2D eigenvalue weighted by atomic mass is 35.5. The van der Waals surface area contributed by atoms with Crippen molar-refractivity contribution in [3.63, 3.8) is 0 Å². The molecule has 0 aliphatic carbocycles. The van der Waals surface area contributed by atoms with Crippen molar-refractivity contribution in [2.75, 3.05) is 13.2 Å². The fraction of sp³-hybridized carbons (Fsp3) is 0.263. The summed E-state index contributed by atoms with van der Waals surface area (Å²) in [6.45, 7) is 3.89. The van der Waals surface area contributed by atoms with Crippen LogP contribution in [-0.4, -0.2) is 18.2 Å². The number of ether oxygens (including phenoxy) is 2. The summed E-state index contributed by atoms with van der Waals surface area (Å²) in [4.78, 5) is 3.48. The van der Waals surface area contributed by atoms with Crippen LogP contribution in [0.1, 0.15) is 23.7 Å². The van der Waals surface area contributed by atoms with Gasteiger partial charge in [0.25, 0.3) is 0 Å². The van der Waals surface area contributed by atoms with Crippen LogP contribution in [0.5, 0.6) is 0 Å². The maximum Gasteiger partial charge on any atom is 0.144 e. The van der Waals surface area contributed by atoms with Crippen molar-refractivity contribution in [1.82, 2.24) is 4.98 Å². The zero-order valence-corrected chi connectivity index (χ0v) is 13.7. The Morgan fingerprint density at radius 2 is 2.00 bits per heavy atom. The summed E-state index contributed by atoms with van der Waals surface area (Å²) >= 11 is 6.23. The summed E-state index contributed by atoms with van der Waals surface area (Å²) in [5.74, 6) is 0. The van der Waals surface area contributed by atoms with Crippen molar-refractivity contribution < 1.29 is 9.47 Å². The Kier molecular flexibility index (Phi) is 3.64. The molecule has 1 fully saturated rings. The molecule has 3 aromatic rings. The van der Waals surface area contributed by atoms with Gasteiger partial charge in [-0.1, -0.05) is 41.9 Å². The number of benzene rings is 2. The van der Waals surface area contributed by atoms with Gasteiger partial charge in [0.15, 0.2) is 0 Å². The first-order valence-electron chi connectivity index (χ1n) is 7.82.